The van der Waals surface area contributed by atoms with E-state index in [9.17, 15) is 24.6 Å². The van der Waals surface area contributed by atoms with Gasteiger partial charge in [-0.1, -0.05) is 26.0 Å². The lowest BCUT2D eigenvalue weighted by molar-refractivity contribution is -0.320. The number of anilines is 1. The van der Waals surface area contributed by atoms with Gasteiger partial charge in [-0.15, -0.1) is 0 Å². The normalized spacial score (nSPS) is 48.0. The van der Waals surface area contributed by atoms with E-state index >= 15 is 0 Å². The number of likely N-dealkylation sites (tertiary alicyclic amines) is 1. The first kappa shape index (κ1) is 33.7. The minimum atomic E-state index is -1.70. The Bertz CT molecular complexity index is 1560. The average molecular weight is 683 g/mol. The summed E-state index contributed by atoms with van der Waals surface area (Å²) in [7, 11) is 6.70. The highest BCUT2D eigenvalue weighted by Crippen LogP contribution is 2.80. The Kier molecular flexibility index (Phi) is 7.75. The van der Waals surface area contributed by atoms with E-state index in [4.69, 9.17) is 23.7 Å². The molecule has 2 amide bonds. The smallest absolute Gasteiger partial charge is 0.340 e. The van der Waals surface area contributed by atoms with E-state index in [2.05, 4.69) is 11.8 Å². The topological polar surface area (TPSA) is 144 Å². The zero-order chi connectivity index (χ0) is 34.8. The second kappa shape index (κ2) is 11.3. The molecule has 1 spiro atoms. The number of piperidine rings is 1. The van der Waals surface area contributed by atoms with Crippen LogP contribution in [-0.2, 0) is 33.3 Å². The van der Waals surface area contributed by atoms with Crippen molar-refractivity contribution in [2.45, 2.75) is 87.6 Å². The van der Waals surface area contributed by atoms with Crippen molar-refractivity contribution in [1.82, 2.24) is 4.90 Å². The maximum atomic E-state index is 14.1. The molecule has 1 aromatic rings. The molecule has 5 aliphatic carbocycles. The number of benzene rings is 1. The van der Waals surface area contributed by atoms with Gasteiger partial charge in [0.25, 0.3) is 0 Å². The fourth-order valence-electron chi connectivity index (χ4n) is 13.2. The van der Waals surface area contributed by atoms with E-state index in [-0.39, 0.29) is 84.5 Å². The Balaban J connectivity index is 1.23. The molecule has 1 aromatic carbocycles. The van der Waals surface area contributed by atoms with Gasteiger partial charge in [-0.3, -0.25) is 14.5 Å². The first-order valence-electron chi connectivity index (χ1n) is 17.9. The van der Waals surface area contributed by atoms with Crippen LogP contribution < -0.4 is 4.90 Å². The summed E-state index contributed by atoms with van der Waals surface area (Å²) in [5.41, 5.74) is -4.17. The SMILES string of the molecule is CCN1CC2(COC(=O)c3ccccc3N3C(=O)CC(C)C3=O)CCC(OC)C34C5CC6C(OC)C[C@@](O)(C5C6OC)[C@](O)(C(OC)C23)C14. The van der Waals surface area contributed by atoms with Gasteiger partial charge in [-0.2, -0.15) is 0 Å². The van der Waals surface area contributed by atoms with Crippen LogP contribution in [-0.4, -0.2) is 123 Å². The summed E-state index contributed by atoms with van der Waals surface area (Å²) in [6, 6.07) is 6.12. The van der Waals surface area contributed by atoms with Gasteiger partial charge in [0.2, 0.25) is 11.8 Å². The van der Waals surface area contributed by atoms with Crippen molar-refractivity contribution in [1.29, 1.82) is 0 Å². The first-order valence-corrected chi connectivity index (χ1v) is 17.9. The lowest BCUT2D eigenvalue weighted by atomic mass is 9.42. The Labute approximate surface area is 287 Å². The summed E-state index contributed by atoms with van der Waals surface area (Å²) >= 11 is 0. The molecule has 2 aliphatic heterocycles. The zero-order valence-electron chi connectivity index (χ0n) is 29.3. The van der Waals surface area contributed by atoms with Crippen molar-refractivity contribution in [2.75, 3.05) is 53.0 Å². The number of carbonyl (C=O) groups is 3. The van der Waals surface area contributed by atoms with Crippen molar-refractivity contribution >= 4 is 23.5 Å². The monoisotopic (exact) mass is 682 g/mol. The van der Waals surface area contributed by atoms with Gasteiger partial charge >= 0.3 is 5.97 Å². The van der Waals surface area contributed by atoms with Gasteiger partial charge in [-0.25, -0.2) is 9.69 Å². The third-order valence-electron chi connectivity index (χ3n) is 14.5. The van der Waals surface area contributed by atoms with E-state index in [1.807, 2.05) is 0 Å². The maximum Gasteiger partial charge on any atom is 0.340 e. The zero-order valence-corrected chi connectivity index (χ0v) is 29.3. The molecule has 49 heavy (non-hydrogen) atoms. The van der Waals surface area contributed by atoms with Crippen molar-refractivity contribution < 1.29 is 48.3 Å². The molecule has 12 nitrogen and oxygen atoms in total. The van der Waals surface area contributed by atoms with E-state index in [1.54, 1.807) is 59.6 Å². The number of imide groups is 1. The van der Waals surface area contributed by atoms with Crippen molar-refractivity contribution in [2.24, 2.45) is 40.4 Å². The number of nitrogens with zero attached hydrogens (tertiary/aromatic N) is 2. The quantitative estimate of drug-likeness (QED) is 0.292. The van der Waals surface area contributed by atoms with Crippen LogP contribution in [0.15, 0.2) is 24.3 Å². The maximum absolute atomic E-state index is 14.1. The molecule has 2 saturated heterocycles. The van der Waals surface area contributed by atoms with Gasteiger partial charge < -0.3 is 33.9 Å². The van der Waals surface area contributed by atoms with E-state index in [0.29, 0.717) is 25.9 Å². The summed E-state index contributed by atoms with van der Waals surface area (Å²) in [4.78, 5) is 43.3. The first-order chi connectivity index (χ1) is 23.4. The third kappa shape index (κ3) is 3.86. The van der Waals surface area contributed by atoms with Crippen LogP contribution in [0.1, 0.15) is 56.3 Å². The number of carbonyl (C=O) groups excluding carboxylic acids is 3. The third-order valence-corrected chi connectivity index (χ3v) is 14.5. The molecule has 5 saturated carbocycles. The Hall–Kier alpha value is -2.45. The molecule has 14 atom stereocenters. The lowest BCUT2D eigenvalue weighted by Gasteiger charge is -2.70. The molecule has 8 rings (SSSR count). The highest BCUT2D eigenvalue weighted by Gasteiger charge is 2.91. The Morgan fingerprint density at radius 3 is 2.43 bits per heavy atom. The predicted molar refractivity (Wildman–Crippen MR) is 174 cm³/mol. The molecular weight excluding hydrogens is 632 g/mol. The van der Waals surface area contributed by atoms with Crippen LogP contribution in [0.2, 0.25) is 0 Å². The van der Waals surface area contributed by atoms with Gasteiger partial charge in [0.05, 0.1) is 48.3 Å². The molecule has 2 N–H and O–H groups in total. The highest BCUT2D eigenvalue weighted by molar-refractivity contribution is 6.22. The number of ether oxygens (including phenoxy) is 5. The number of esters is 1. The molecule has 7 fully saturated rings. The molecule has 268 valence electrons. The standard InChI is InChI=1S/C37H50N2O10/c1-7-38-17-34(18-49-32(42)20-10-8-9-11-23(20)39-26(40)14-19(2)31(39)41)13-12-25(46-4)36-22-15-21-24(45-3)16-35(43,27(22)28(21)47-5)37(44,33(36)38)30(48-6)29(34)36/h8-11,19,21-22,24-25,27-30,33,43-44H,7,12-18H2,1-6H3/t19?,21?,22?,24?,25?,27?,28?,29?,30?,33?,34?,35-,36?,37+/m1/s1. The Morgan fingerprint density at radius 1 is 1.04 bits per heavy atom. The fraction of sp³-hybridized carbons (Fsp3) is 0.757. The Morgan fingerprint density at radius 2 is 1.80 bits per heavy atom. The molecule has 7 aliphatic rings. The van der Waals surface area contributed by atoms with Crippen LogP contribution in [0.25, 0.3) is 0 Å². The second-order valence-corrected chi connectivity index (χ2v) is 16.0. The number of para-hydroxylation sites is 1. The van der Waals surface area contributed by atoms with Crippen molar-refractivity contribution in [3.8, 4) is 0 Å². The number of amides is 2. The number of methoxy groups -OCH3 is 4. The van der Waals surface area contributed by atoms with Crippen molar-refractivity contribution in [3.05, 3.63) is 29.8 Å². The van der Waals surface area contributed by atoms with Crippen LogP contribution in [0.4, 0.5) is 5.69 Å². The van der Waals surface area contributed by atoms with Gasteiger partial charge in [0.15, 0.2) is 0 Å². The number of fused-ring (bicyclic) bond motifs is 2. The molecule has 12 heteroatoms. The summed E-state index contributed by atoms with van der Waals surface area (Å²) in [5.74, 6) is -2.47. The van der Waals surface area contributed by atoms with Gasteiger partial charge in [0.1, 0.15) is 11.2 Å². The highest BCUT2D eigenvalue weighted by atomic mass is 16.5. The number of rotatable bonds is 9. The largest absolute Gasteiger partial charge is 0.461 e. The average Bonchev–Trinajstić information content (AvgIpc) is 3.63. The molecule has 0 radical (unpaired) electrons. The molecule has 2 heterocycles. The van der Waals surface area contributed by atoms with Crippen LogP contribution in [0, 0.1) is 40.4 Å². The molecule has 0 aromatic heterocycles. The van der Waals surface area contributed by atoms with Crippen LogP contribution in [0.3, 0.4) is 0 Å². The second-order valence-electron chi connectivity index (χ2n) is 16.0. The number of hydrogen-bond donors (Lipinski definition) is 2. The number of hydrogen-bond acceptors (Lipinski definition) is 11. The lowest BCUT2D eigenvalue weighted by Crippen LogP contribution is -2.82. The molecule has 12 unspecified atom stereocenters. The predicted octanol–water partition coefficient (Wildman–Crippen LogP) is 2.04. The van der Waals surface area contributed by atoms with E-state index in [0.717, 1.165) is 11.3 Å². The molecular formula is C37H50N2O10. The van der Waals surface area contributed by atoms with Crippen LogP contribution in [0.5, 0.6) is 0 Å². The summed E-state index contributed by atoms with van der Waals surface area (Å²) < 4.78 is 31.4. The minimum Gasteiger partial charge on any atom is -0.461 e. The summed E-state index contributed by atoms with van der Waals surface area (Å²) in [5, 5.41) is 26.6. The van der Waals surface area contributed by atoms with Gasteiger partial charge in [-0.05, 0) is 43.9 Å². The van der Waals surface area contributed by atoms with Crippen molar-refractivity contribution in [3.63, 3.8) is 0 Å². The minimum absolute atomic E-state index is 0.0358. The van der Waals surface area contributed by atoms with E-state index < -0.39 is 46.1 Å². The number of aliphatic hydroxyl groups is 2. The summed E-state index contributed by atoms with van der Waals surface area (Å²) in [6.45, 7) is 4.95. The summed E-state index contributed by atoms with van der Waals surface area (Å²) in [6.07, 6.45) is 0.813. The molecule has 7 bridgehead atoms. The van der Waals surface area contributed by atoms with Crippen LogP contribution >= 0.6 is 0 Å². The fourth-order valence-corrected chi connectivity index (χ4v) is 13.2. The number of likely N-dealkylation sites (N-methyl/N-ethyl adjacent to an activating group) is 1. The van der Waals surface area contributed by atoms with Gasteiger partial charge in [0, 0.05) is 82.3 Å². The van der Waals surface area contributed by atoms with E-state index in [1.165, 1.54) is 0 Å².